The molecular weight excluding hydrogens is 318 g/mol. The fourth-order valence-electron chi connectivity index (χ4n) is 2.09. The van der Waals surface area contributed by atoms with E-state index in [9.17, 15) is 4.79 Å². The minimum atomic E-state index is -0.193. The van der Waals surface area contributed by atoms with Gasteiger partial charge < -0.3 is 5.32 Å². The molecule has 1 N–H and O–H groups in total. The minimum absolute atomic E-state index is 0.0381. The highest BCUT2D eigenvalue weighted by atomic mass is 35.5. The average molecular weight is 332 g/mol. The maximum absolute atomic E-state index is 12.3. The number of thiophene rings is 1. The first kappa shape index (κ1) is 14.8. The predicted molar refractivity (Wildman–Crippen MR) is 88.8 cm³/mol. The van der Waals surface area contributed by atoms with Crippen LogP contribution in [0.4, 0.5) is 0 Å². The third kappa shape index (κ3) is 3.21. The van der Waals surface area contributed by atoms with E-state index in [0.29, 0.717) is 10.7 Å². The number of hydrogen-bond acceptors (Lipinski definition) is 3. The Hall–Kier alpha value is -2.11. The van der Waals surface area contributed by atoms with Crippen molar-refractivity contribution in [3.8, 4) is 5.69 Å². The van der Waals surface area contributed by atoms with E-state index in [-0.39, 0.29) is 11.9 Å². The van der Waals surface area contributed by atoms with Gasteiger partial charge in [0.05, 0.1) is 11.7 Å². The SMILES string of the molecule is CC(NC(=O)c1ccn(-c2cccc(Cl)c2)n1)c1cccs1. The third-order valence-corrected chi connectivity index (χ3v) is 4.50. The number of benzene rings is 1. The first-order chi connectivity index (χ1) is 10.6. The van der Waals surface area contributed by atoms with Crippen molar-refractivity contribution in [2.45, 2.75) is 13.0 Å². The normalized spacial score (nSPS) is 12.1. The molecule has 0 aliphatic carbocycles. The number of aromatic nitrogens is 2. The van der Waals surface area contributed by atoms with Crippen molar-refractivity contribution >= 4 is 28.8 Å². The van der Waals surface area contributed by atoms with E-state index in [1.165, 1.54) is 0 Å². The Labute approximate surface area is 137 Å². The Balaban J connectivity index is 1.74. The van der Waals surface area contributed by atoms with Crippen LogP contribution in [0.5, 0.6) is 0 Å². The molecule has 6 heteroatoms. The summed E-state index contributed by atoms with van der Waals surface area (Å²) < 4.78 is 1.64. The molecule has 3 aromatic rings. The van der Waals surface area contributed by atoms with Crippen molar-refractivity contribution in [2.75, 3.05) is 0 Å². The molecule has 4 nitrogen and oxygen atoms in total. The van der Waals surface area contributed by atoms with Crippen LogP contribution < -0.4 is 5.32 Å². The molecule has 0 spiro atoms. The molecule has 1 unspecified atom stereocenters. The van der Waals surface area contributed by atoms with E-state index in [2.05, 4.69) is 10.4 Å². The van der Waals surface area contributed by atoms with Crippen molar-refractivity contribution in [1.29, 1.82) is 0 Å². The Kier molecular flexibility index (Phi) is 4.27. The summed E-state index contributed by atoms with van der Waals surface area (Å²) in [4.78, 5) is 13.4. The molecule has 0 aliphatic rings. The van der Waals surface area contributed by atoms with E-state index in [0.717, 1.165) is 10.6 Å². The molecule has 1 atom stereocenters. The number of nitrogens with one attached hydrogen (secondary N) is 1. The number of carbonyl (C=O) groups excluding carboxylic acids is 1. The van der Waals surface area contributed by atoms with Crippen LogP contribution in [-0.4, -0.2) is 15.7 Å². The number of halogens is 1. The molecule has 0 fully saturated rings. The van der Waals surface area contributed by atoms with Crippen molar-refractivity contribution in [2.24, 2.45) is 0 Å². The summed E-state index contributed by atoms with van der Waals surface area (Å²) in [6, 6.07) is 12.9. The van der Waals surface area contributed by atoms with Crippen LogP contribution in [0.2, 0.25) is 5.02 Å². The van der Waals surface area contributed by atoms with Gasteiger partial charge in [-0.1, -0.05) is 23.7 Å². The predicted octanol–water partition coefficient (Wildman–Crippen LogP) is 4.08. The molecule has 1 amide bonds. The molecule has 0 saturated heterocycles. The van der Waals surface area contributed by atoms with E-state index in [1.807, 2.05) is 36.6 Å². The molecule has 0 radical (unpaired) electrons. The maximum atomic E-state index is 12.3. The minimum Gasteiger partial charge on any atom is -0.343 e. The highest BCUT2D eigenvalue weighted by Gasteiger charge is 2.14. The highest BCUT2D eigenvalue weighted by molar-refractivity contribution is 7.10. The zero-order chi connectivity index (χ0) is 15.5. The molecule has 112 valence electrons. The molecule has 22 heavy (non-hydrogen) atoms. The van der Waals surface area contributed by atoms with E-state index < -0.39 is 0 Å². The lowest BCUT2D eigenvalue weighted by molar-refractivity contribution is 0.0935. The van der Waals surface area contributed by atoms with E-state index in [4.69, 9.17) is 11.6 Å². The number of carbonyl (C=O) groups is 1. The average Bonchev–Trinajstić information content (AvgIpc) is 3.19. The fraction of sp³-hybridized carbons (Fsp3) is 0.125. The first-order valence-corrected chi connectivity index (χ1v) is 8.05. The lowest BCUT2D eigenvalue weighted by Gasteiger charge is -2.10. The summed E-state index contributed by atoms with van der Waals surface area (Å²) in [5, 5.41) is 9.87. The van der Waals surface area contributed by atoms with E-state index >= 15 is 0 Å². The molecule has 3 rings (SSSR count). The number of amides is 1. The second kappa shape index (κ2) is 6.34. The van der Waals surface area contributed by atoms with Crippen LogP contribution >= 0.6 is 22.9 Å². The number of nitrogens with zero attached hydrogens (tertiary/aromatic N) is 2. The Bertz CT molecular complexity index is 782. The zero-order valence-electron chi connectivity index (χ0n) is 11.9. The summed E-state index contributed by atoms with van der Waals surface area (Å²) in [5.41, 5.74) is 1.20. The Morgan fingerprint density at radius 2 is 2.18 bits per heavy atom. The van der Waals surface area contributed by atoms with Crippen LogP contribution in [-0.2, 0) is 0 Å². The number of rotatable bonds is 4. The van der Waals surface area contributed by atoms with Crippen molar-refractivity contribution in [3.63, 3.8) is 0 Å². The van der Waals surface area contributed by atoms with Crippen LogP contribution in [0.25, 0.3) is 5.69 Å². The monoisotopic (exact) mass is 331 g/mol. The molecule has 0 aliphatic heterocycles. The van der Waals surface area contributed by atoms with E-state index in [1.54, 1.807) is 40.4 Å². The second-order valence-corrected chi connectivity index (χ2v) is 6.25. The van der Waals surface area contributed by atoms with Gasteiger partial charge in [-0.05, 0) is 42.6 Å². The smallest absolute Gasteiger partial charge is 0.272 e. The summed E-state index contributed by atoms with van der Waals surface area (Å²) in [5.74, 6) is -0.193. The van der Waals surface area contributed by atoms with Gasteiger partial charge in [-0.3, -0.25) is 4.79 Å². The van der Waals surface area contributed by atoms with Crippen molar-refractivity contribution in [1.82, 2.24) is 15.1 Å². The van der Waals surface area contributed by atoms with Gasteiger partial charge >= 0.3 is 0 Å². The molecule has 2 aromatic heterocycles. The van der Waals surface area contributed by atoms with Crippen LogP contribution in [0.1, 0.15) is 28.3 Å². The van der Waals surface area contributed by atoms with Gasteiger partial charge in [-0.25, -0.2) is 4.68 Å². The third-order valence-electron chi connectivity index (χ3n) is 3.21. The summed E-state index contributed by atoms with van der Waals surface area (Å²) in [6.45, 7) is 1.96. The Morgan fingerprint density at radius 1 is 1.32 bits per heavy atom. The fourth-order valence-corrected chi connectivity index (χ4v) is 3.01. The lowest BCUT2D eigenvalue weighted by Crippen LogP contribution is -2.26. The Morgan fingerprint density at radius 3 is 2.91 bits per heavy atom. The standard InChI is InChI=1S/C16H14ClN3OS/c1-11(15-6-3-9-22-15)18-16(21)14-7-8-20(19-14)13-5-2-4-12(17)10-13/h2-11H,1H3,(H,18,21). The zero-order valence-corrected chi connectivity index (χ0v) is 13.4. The molecule has 0 saturated carbocycles. The topological polar surface area (TPSA) is 46.9 Å². The molecule has 2 heterocycles. The maximum Gasteiger partial charge on any atom is 0.272 e. The van der Waals surface area contributed by atoms with Gasteiger partial charge in [0, 0.05) is 16.1 Å². The number of hydrogen-bond donors (Lipinski definition) is 1. The largest absolute Gasteiger partial charge is 0.343 e. The lowest BCUT2D eigenvalue weighted by atomic mass is 10.2. The summed E-state index contributed by atoms with van der Waals surface area (Å²) in [7, 11) is 0. The van der Waals surface area contributed by atoms with Gasteiger partial charge in [0.25, 0.3) is 5.91 Å². The van der Waals surface area contributed by atoms with Gasteiger partial charge in [0.1, 0.15) is 0 Å². The van der Waals surface area contributed by atoms with Crippen LogP contribution in [0.15, 0.2) is 54.0 Å². The second-order valence-electron chi connectivity index (χ2n) is 4.84. The van der Waals surface area contributed by atoms with Crippen molar-refractivity contribution in [3.05, 3.63) is 69.6 Å². The summed E-state index contributed by atoms with van der Waals surface area (Å²) in [6.07, 6.45) is 1.75. The molecule has 1 aromatic carbocycles. The highest BCUT2D eigenvalue weighted by Crippen LogP contribution is 2.19. The van der Waals surface area contributed by atoms with Gasteiger partial charge in [0.15, 0.2) is 5.69 Å². The van der Waals surface area contributed by atoms with Gasteiger partial charge in [-0.2, -0.15) is 5.10 Å². The van der Waals surface area contributed by atoms with Crippen molar-refractivity contribution < 1.29 is 4.79 Å². The van der Waals surface area contributed by atoms with Gasteiger partial charge in [-0.15, -0.1) is 11.3 Å². The van der Waals surface area contributed by atoms with Gasteiger partial charge in [0.2, 0.25) is 0 Å². The van der Waals surface area contributed by atoms with Crippen LogP contribution in [0, 0.1) is 0 Å². The summed E-state index contributed by atoms with van der Waals surface area (Å²) >= 11 is 7.59. The first-order valence-electron chi connectivity index (χ1n) is 6.79. The molecular formula is C16H14ClN3OS. The quantitative estimate of drug-likeness (QED) is 0.783. The van der Waals surface area contributed by atoms with Crippen LogP contribution in [0.3, 0.4) is 0 Å². The molecule has 0 bridgehead atoms.